The number of nitrogens with one attached hydrogen (secondary N) is 1. The molecule has 0 saturated heterocycles. The minimum Gasteiger partial charge on any atom is -0.483 e. The summed E-state index contributed by atoms with van der Waals surface area (Å²) in [6.45, 7) is 5.85. The number of carbonyl (C=O) groups excluding carboxylic acids is 1. The molecule has 1 amide bonds. The molecule has 0 aliphatic rings. The Morgan fingerprint density at radius 1 is 1.07 bits per heavy atom. The van der Waals surface area contributed by atoms with Gasteiger partial charge in [0.25, 0.3) is 5.91 Å². The largest absolute Gasteiger partial charge is 0.483 e. The number of hydrogen-bond donors (Lipinski definition) is 1. The summed E-state index contributed by atoms with van der Waals surface area (Å²) >= 11 is 0. The molecule has 0 saturated carbocycles. The number of nitrogens with zero attached hydrogens (tertiary/aromatic N) is 2. The zero-order valence-corrected chi connectivity index (χ0v) is 16.5. The maximum Gasteiger partial charge on any atom is 0.262 e. The van der Waals surface area contributed by atoms with E-state index in [4.69, 9.17) is 9.15 Å². The standard InChI is InChI=1S/C23H21N3O3/c1-14-6-4-7-19(16(14)3)28-13-21(27)25-18-12-17(10-9-15(18)2)23-26-22-20(29-23)8-5-11-24-22/h4-12H,13H2,1-3H3,(H,25,27). The van der Waals surface area contributed by atoms with Crippen LogP contribution in [-0.4, -0.2) is 22.5 Å². The summed E-state index contributed by atoms with van der Waals surface area (Å²) in [5, 5.41) is 2.91. The van der Waals surface area contributed by atoms with Crippen molar-refractivity contribution >= 4 is 22.8 Å². The second-order valence-electron chi connectivity index (χ2n) is 6.91. The highest BCUT2D eigenvalue weighted by atomic mass is 16.5. The monoisotopic (exact) mass is 387 g/mol. The Hall–Kier alpha value is -3.67. The molecule has 0 aliphatic carbocycles. The maximum atomic E-state index is 12.4. The van der Waals surface area contributed by atoms with Crippen molar-refractivity contribution in [2.24, 2.45) is 0 Å². The number of aromatic nitrogens is 2. The molecule has 146 valence electrons. The molecule has 0 unspecified atom stereocenters. The fraction of sp³-hybridized carbons (Fsp3) is 0.174. The predicted molar refractivity (Wildman–Crippen MR) is 112 cm³/mol. The van der Waals surface area contributed by atoms with E-state index in [2.05, 4.69) is 15.3 Å². The Morgan fingerprint density at radius 3 is 2.76 bits per heavy atom. The smallest absolute Gasteiger partial charge is 0.262 e. The van der Waals surface area contributed by atoms with Crippen LogP contribution in [0.4, 0.5) is 5.69 Å². The van der Waals surface area contributed by atoms with Crippen molar-refractivity contribution in [3.8, 4) is 17.2 Å². The summed E-state index contributed by atoms with van der Waals surface area (Å²) in [6.07, 6.45) is 1.67. The van der Waals surface area contributed by atoms with Gasteiger partial charge in [-0.25, -0.2) is 4.98 Å². The first kappa shape index (κ1) is 18.7. The van der Waals surface area contributed by atoms with Crippen LogP contribution in [0.1, 0.15) is 16.7 Å². The van der Waals surface area contributed by atoms with E-state index < -0.39 is 0 Å². The molecule has 2 aromatic heterocycles. The summed E-state index contributed by atoms with van der Waals surface area (Å²) in [6, 6.07) is 15.1. The first-order valence-corrected chi connectivity index (χ1v) is 9.33. The summed E-state index contributed by atoms with van der Waals surface area (Å²) in [5.41, 5.74) is 5.71. The van der Waals surface area contributed by atoms with Gasteiger partial charge in [-0.15, -0.1) is 0 Å². The molecule has 0 fully saturated rings. The van der Waals surface area contributed by atoms with Crippen molar-refractivity contribution in [2.45, 2.75) is 20.8 Å². The van der Waals surface area contributed by atoms with Gasteiger partial charge >= 0.3 is 0 Å². The molecular weight excluding hydrogens is 366 g/mol. The number of pyridine rings is 1. The maximum absolute atomic E-state index is 12.4. The summed E-state index contributed by atoms with van der Waals surface area (Å²) in [5.74, 6) is 0.941. The van der Waals surface area contributed by atoms with E-state index in [-0.39, 0.29) is 12.5 Å². The van der Waals surface area contributed by atoms with Crippen molar-refractivity contribution in [3.05, 3.63) is 71.4 Å². The third kappa shape index (κ3) is 3.96. The molecule has 2 heterocycles. The molecule has 1 N–H and O–H groups in total. The van der Waals surface area contributed by atoms with Gasteiger partial charge in [-0.05, 0) is 67.8 Å². The van der Waals surface area contributed by atoms with E-state index in [9.17, 15) is 4.79 Å². The van der Waals surface area contributed by atoms with E-state index in [0.29, 0.717) is 28.6 Å². The summed E-state index contributed by atoms with van der Waals surface area (Å²) < 4.78 is 11.5. The number of hydrogen-bond acceptors (Lipinski definition) is 5. The normalized spacial score (nSPS) is 10.9. The van der Waals surface area contributed by atoms with Crippen LogP contribution in [0.3, 0.4) is 0 Å². The molecule has 0 bridgehead atoms. The number of benzene rings is 2. The Bertz CT molecular complexity index is 1160. The molecule has 0 aliphatic heterocycles. The highest BCUT2D eigenvalue weighted by molar-refractivity contribution is 5.93. The lowest BCUT2D eigenvalue weighted by Crippen LogP contribution is -2.21. The zero-order chi connectivity index (χ0) is 20.4. The third-order valence-electron chi connectivity index (χ3n) is 4.84. The lowest BCUT2D eigenvalue weighted by molar-refractivity contribution is -0.118. The van der Waals surface area contributed by atoms with Crippen molar-refractivity contribution in [3.63, 3.8) is 0 Å². The van der Waals surface area contributed by atoms with Crippen molar-refractivity contribution in [2.75, 3.05) is 11.9 Å². The molecule has 6 heteroatoms. The van der Waals surface area contributed by atoms with Crippen LogP contribution in [-0.2, 0) is 4.79 Å². The van der Waals surface area contributed by atoms with E-state index in [0.717, 1.165) is 22.3 Å². The molecule has 6 nitrogen and oxygen atoms in total. The van der Waals surface area contributed by atoms with Crippen LogP contribution in [0.15, 0.2) is 59.1 Å². The first-order chi connectivity index (χ1) is 14.0. The van der Waals surface area contributed by atoms with Gasteiger partial charge in [0.2, 0.25) is 5.89 Å². The molecule has 4 aromatic rings. The van der Waals surface area contributed by atoms with Gasteiger partial charge in [0, 0.05) is 17.4 Å². The van der Waals surface area contributed by atoms with Gasteiger partial charge in [0.05, 0.1) is 0 Å². The van der Waals surface area contributed by atoms with Gasteiger partial charge < -0.3 is 14.5 Å². The molecule has 29 heavy (non-hydrogen) atoms. The van der Waals surface area contributed by atoms with Crippen LogP contribution in [0, 0.1) is 20.8 Å². The van der Waals surface area contributed by atoms with E-state index >= 15 is 0 Å². The average molecular weight is 387 g/mol. The quantitative estimate of drug-likeness (QED) is 0.531. The highest BCUT2D eigenvalue weighted by Crippen LogP contribution is 2.27. The number of fused-ring (bicyclic) bond motifs is 1. The fourth-order valence-electron chi connectivity index (χ4n) is 2.99. The SMILES string of the molecule is Cc1ccc(-c2nc3ncccc3o2)cc1NC(=O)COc1cccc(C)c1C. The topological polar surface area (TPSA) is 77.3 Å². The fourth-order valence-corrected chi connectivity index (χ4v) is 2.99. The molecular formula is C23H21N3O3. The van der Waals surface area contributed by atoms with E-state index in [1.807, 2.05) is 63.2 Å². The Kier molecular flexibility index (Phi) is 4.99. The zero-order valence-electron chi connectivity index (χ0n) is 16.5. The number of oxazole rings is 1. The second-order valence-corrected chi connectivity index (χ2v) is 6.91. The molecule has 0 atom stereocenters. The Balaban J connectivity index is 1.50. The lowest BCUT2D eigenvalue weighted by atomic mass is 10.1. The van der Waals surface area contributed by atoms with E-state index in [1.165, 1.54) is 0 Å². The molecule has 4 rings (SSSR count). The summed E-state index contributed by atoms with van der Waals surface area (Å²) in [7, 11) is 0. The van der Waals surface area contributed by atoms with Crippen LogP contribution < -0.4 is 10.1 Å². The van der Waals surface area contributed by atoms with Crippen molar-refractivity contribution < 1.29 is 13.9 Å². The Morgan fingerprint density at radius 2 is 1.93 bits per heavy atom. The van der Waals surface area contributed by atoms with Crippen LogP contribution in [0.2, 0.25) is 0 Å². The first-order valence-electron chi connectivity index (χ1n) is 9.33. The van der Waals surface area contributed by atoms with Gasteiger partial charge in [-0.2, -0.15) is 4.98 Å². The van der Waals surface area contributed by atoms with Gasteiger partial charge in [-0.3, -0.25) is 4.79 Å². The van der Waals surface area contributed by atoms with Gasteiger partial charge in [0.1, 0.15) is 5.75 Å². The number of aryl methyl sites for hydroxylation is 2. The number of carbonyl (C=O) groups is 1. The van der Waals surface area contributed by atoms with Crippen molar-refractivity contribution in [1.82, 2.24) is 9.97 Å². The molecule has 0 radical (unpaired) electrons. The minimum atomic E-state index is -0.231. The number of ether oxygens (including phenoxy) is 1. The van der Waals surface area contributed by atoms with Gasteiger partial charge in [0.15, 0.2) is 17.8 Å². The van der Waals surface area contributed by atoms with Crippen LogP contribution in [0.25, 0.3) is 22.7 Å². The average Bonchev–Trinajstić information content (AvgIpc) is 3.15. The van der Waals surface area contributed by atoms with Crippen molar-refractivity contribution in [1.29, 1.82) is 0 Å². The summed E-state index contributed by atoms with van der Waals surface area (Å²) in [4.78, 5) is 21.0. The Labute approximate surface area is 168 Å². The third-order valence-corrected chi connectivity index (χ3v) is 4.84. The minimum absolute atomic E-state index is 0.0687. The number of amides is 1. The molecule has 0 spiro atoms. The predicted octanol–water partition coefficient (Wildman–Crippen LogP) is 4.83. The van der Waals surface area contributed by atoms with Crippen LogP contribution >= 0.6 is 0 Å². The molecule has 2 aromatic carbocycles. The number of anilines is 1. The van der Waals surface area contributed by atoms with E-state index in [1.54, 1.807) is 12.3 Å². The van der Waals surface area contributed by atoms with Gasteiger partial charge in [-0.1, -0.05) is 18.2 Å². The van der Waals surface area contributed by atoms with Crippen LogP contribution in [0.5, 0.6) is 5.75 Å². The highest BCUT2D eigenvalue weighted by Gasteiger charge is 2.12. The second kappa shape index (κ2) is 7.75. The lowest BCUT2D eigenvalue weighted by Gasteiger charge is -2.12. The number of rotatable bonds is 5.